The molecule has 0 aromatic carbocycles. The zero-order valence-corrected chi connectivity index (χ0v) is 7.54. The van der Waals surface area contributed by atoms with E-state index in [4.69, 9.17) is 5.73 Å². The Bertz CT molecular complexity index is 290. The van der Waals surface area contributed by atoms with E-state index in [1.165, 1.54) is 0 Å². The molecule has 12 heavy (non-hydrogen) atoms. The maximum atomic E-state index is 5.79. The number of anilines is 1. The van der Waals surface area contributed by atoms with Crippen molar-refractivity contribution in [1.29, 1.82) is 0 Å². The van der Waals surface area contributed by atoms with E-state index >= 15 is 0 Å². The van der Waals surface area contributed by atoms with Gasteiger partial charge in [-0.15, -0.1) is 0 Å². The predicted molar refractivity (Wildman–Crippen MR) is 52.7 cm³/mol. The SMILES string of the molecule is C/C=C\c1nccc(N)c1CC. The first-order valence-corrected chi connectivity index (χ1v) is 4.15. The highest BCUT2D eigenvalue weighted by molar-refractivity contribution is 5.58. The van der Waals surface area contributed by atoms with Crippen molar-refractivity contribution in [3.63, 3.8) is 0 Å². The monoisotopic (exact) mass is 162 g/mol. The van der Waals surface area contributed by atoms with Gasteiger partial charge in [0.15, 0.2) is 0 Å². The van der Waals surface area contributed by atoms with Crippen molar-refractivity contribution >= 4 is 11.8 Å². The smallest absolute Gasteiger partial charge is 0.0678 e. The Morgan fingerprint density at radius 3 is 2.92 bits per heavy atom. The molecule has 0 aliphatic rings. The molecular formula is C10H14N2. The van der Waals surface area contributed by atoms with Crippen LogP contribution in [0.25, 0.3) is 6.08 Å². The summed E-state index contributed by atoms with van der Waals surface area (Å²) in [6.45, 7) is 4.06. The molecule has 2 heteroatoms. The third-order valence-electron chi connectivity index (χ3n) is 1.80. The Morgan fingerprint density at radius 1 is 1.58 bits per heavy atom. The van der Waals surface area contributed by atoms with Gasteiger partial charge in [0.1, 0.15) is 0 Å². The van der Waals surface area contributed by atoms with Crippen LogP contribution in [0.5, 0.6) is 0 Å². The minimum Gasteiger partial charge on any atom is -0.398 e. The predicted octanol–water partition coefficient (Wildman–Crippen LogP) is 2.26. The highest BCUT2D eigenvalue weighted by Gasteiger charge is 2.01. The van der Waals surface area contributed by atoms with Crippen molar-refractivity contribution in [3.8, 4) is 0 Å². The van der Waals surface area contributed by atoms with Gasteiger partial charge in [-0.1, -0.05) is 13.0 Å². The Morgan fingerprint density at radius 2 is 2.33 bits per heavy atom. The van der Waals surface area contributed by atoms with E-state index < -0.39 is 0 Å². The topological polar surface area (TPSA) is 38.9 Å². The fourth-order valence-corrected chi connectivity index (χ4v) is 1.21. The number of rotatable bonds is 2. The van der Waals surface area contributed by atoms with Crippen LogP contribution >= 0.6 is 0 Å². The summed E-state index contributed by atoms with van der Waals surface area (Å²) in [5.74, 6) is 0. The van der Waals surface area contributed by atoms with Crippen LogP contribution in [0.4, 0.5) is 5.69 Å². The van der Waals surface area contributed by atoms with Crippen molar-refractivity contribution in [2.45, 2.75) is 20.3 Å². The Balaban J connectivity index is 3.18. The minimum absolute atomic E-state index is 0.834. The van der Waals surface area contributed by atoms with Crippen LogP contribution in [0.3, 0.4) is 0 Å². The van der Waals surface area contributed by atoms with Crippen molar-refractivity contribution in [1.82, 2.24) is 4.98 Å². The second-order valence-electron chi connectivity index (χ2n) is 2.62. The maximum Gasteiger partial charge on any atom is 0.0678 e. The number of nitrogen functional groups attached to an aromatic ring is 1. The lowest BCUT2D eigenvalue weighted by Gasteiger charge is -2.04. The molecule has 0 bridgehead atoms. The molecule has 0 spiro atoms. The first kappa shape index (κ1) is 8.78. The van der Waals surface area contributed by atoms with Gasteiger partial charge in [0.25, 0.3) is 0 Å². The molecule has 1 aromatic heterocycles. The number of hydrogen-bond donors (Lipinski definition) is 1. The van der Waals surface area contributed by atoms with E-state index in [1.807, 2.05) is 25.1 Å². The summed E-state index contributed by atoms with van der Waals surface area (Å²) >= 11 is 0. The van der Waals surface area contributed by atoms with Crippen LogP contribution in [-0.4, -0.2) is 4.98 Å². The molecule has 1 rings (SSSR count). The van der Waals surface area contributed by atoms with Gasteiger partial charge >= 0.3 is 0 Å². The van der Waals surface area contributed by atoms with E-state index in [2.05, 4.69) is 11.9 Å². The van der Waals surface area contributed by atoms with Gasteiger partial charge in [-0.3, -0.25) is 4.98 Å². The molecule has 0 unspecified atom stereocenters. The summed E-state index contributed by atoms with van der Waals surface area (Å²) in [5.41, 5.74) is 8.74. The number of hydrogen-bond acceptors (Lipinski definition) is 2. The summed E-state index contributed by atoms with van der Waals surface area (Å²) in [4.78, 5) is 4.23. The molecule has 1 heterocycles. The molecule has 0 aliphatic heterocycles. The zero-order chi connectivity index (χ0) is 8.97. The molecule has 0 atom stereocenters. The molecule has 0 radical (unpaired) electrons. The Hall–Kier alpha value is -1.31. The third-order valence-corrected chi connectivity index (χ3v) is 1.80. The highest BCUT2D eigenvalue weighted by atomic mass is 14.7. The van der Waals surface area contributed by atoms with Crippen LogP contribution < -0.4 is 5.73 Å². The average Bonchev–Trinajstić information content (AvgIpc) is 2.05. The molecule has 1 aromatic rings. The molecule has 2 nitrogen and oxygen atoms in total. The lowest BCUT2D eigenvalue weighted by atomic mass is 10.1. The lowest BCUT2D eigenvalue weighted by molar-refractivity contribution is 1.09. The van der Waals surface area contributed by atoms with Gasteiger partial charge in [-0.2, -0.15) is 0 Å². The first-order valence-electron chi connectivity index (χ1n) is 4.15. The van der Waals surface area contributed by atoms with Crippen LogP contribution in [0.15, 0.2) is 18.3 Å². The number of allylic oxidation sites excluding steroid dienone is 1. The van der Waals surface area contributed by atoms with Gasteiger partial charge in [0.2, 0.25) is 0 Å². The third kappa shape index (κ3) is 1.64. The largest absolute Gasteiger partial charge is 0.398 e. The van der Waals surface area contributed by atoms with E-state index in [1.54, 1.807) is 6.20 Å². The summed E-state index contributed by atoms with van der Waals surface area (Å²) in [6.07, 6.45) is 6.62. The van der Waals surface area contributed by atoms with Gasteiger partial charge < -0.3 is 5.73 Å². The van der Waals surface area contributed by atoms with E-state index in [9.17, 15) is 0 Å². The number of nitrogens with zero attached hydrogens (tertiary/aromatic N) is 1. The number of pyridine rings is 1. The van der Waals surface area contributed by atoms with Gasteiger partial charge in [-0.05, 0) is 25.5 Å². The second-order valence-corrected chi connectivity index (χ2v) is 2.62. The molecule has 64 valence electrons. The Labute approximate surface area is 73.1 Å². The Kier molecular flexibility index (Phi) is 2.86. The minimum atomic E-state index is 0.834. The number of aromatic nitrogens is 1. The van der Waals surface area contributed by atoms with Crippen molar-refractivity contribution in [3.05, 3.63) is 29.6 Å². The molecular weight excluding hydrogens is 148 g/mol. The molecule has 0 saturated heterocycles. The lowest BCUT2D eigenvalue weighted by Crippen LogP contribution is -1.97. The molecule has 0 aliphatic carbocycles. The second kappa shape index (κ2) is 3.90. The summed E-state index contributed by atoms with van der Waals surface area (Å²) < 4.78 is 0. The van der Waals surface area contributed by atoms with Crippen molar-refractivity contribution in [2.75, 3.05) is 5.73 Å². The quantitative estimate of drug-likeness (QED) is 0.724. The summed E-state index contributed by atoms with van der Waals surface area (Å²) in [7, 11) is 0. The zero-order valence-electron chi connectivity index (χ0n) is 7.54. The highest BCUT2D eigenvalue weighted by Crippen LogP contribution is 2.16. The normalized spacial score (nSPS) is 10.8. The average molecular weight is 162 g/mol. The number of nitrogens with two attached hydrogens (primary N) is 1. The first-order chi connectivity index (χ1) is 5.79. The van der Waals surface area contributed by atoms with Crippen LogP contribution in [-0.2, 0) is 6.42 Å². The molecule has 0 amide bonds. The standard InChI is InChI=1S/C10H14N2/c1-3-5-10-8(4-2)9(11)6-7-12-10/h3,5-7H,4H2,1-2H3,(H2,11,12)/b5-3-. The van der Waals surface area contributed by atoms with E-state index in [0.29, 0.717) is 0 Å². The summed E-state index contributed by atoms with van der Waals surface area (Å²) in [5, 5.41) is 0. The maximum absolute atomic E-state index is 5.79. The molecule has 0 saturated carbocycles. The summed E-state index contributed by atoms with van der Waals surface area (Å²) in [6, 6.07) is 1.84. The van der Waals surface area contributed by atoms with Crippen LogP contribution in [0.1, 0.15) is 25.1 Å². The van der Waals surface area contributed by atoms with Crippen molar-refractivity contribution in [2.24, 2.45) is 0 Å². The van der Waals surface area contributed by atoms with Crippen LogP contribution in [0.2, 0.25) is 0 Å². The van der Waals surface area contributed by atoms with Gasteiger partial charge in [0, 0.05) is 17.4 Å². The van der Waals surface area contributed by atoms with E-state index in [0.717, 1.165) is 23.4 Å². The van der Waals surface area contributed by atoms with Crippen LogP contribution in [0, 0.1) is 0 Å². The van der Waals surface area contributed by atoms with Gasteiger partial charge in [-0.25, -0.2) is 0 Å². The van der Waals surface area contributed by atoms with Gasteiger partial charge in [0.05, 0.1) is 5.69 Å². The fourth-order valence-electron chi connectivity index (χ4n) is 1.21. The van der Waals surface area contributed by atoms with E-state index in [-0.39, 0.29) is 0 Å². The molecule has 0 fully saturated rings. The van der Waals surface area contributed by atoms with Crippen molar-refractivity contribution < 1.29 is 0 Å². The molecule has 2 N–H and O–H groups in total. The fraction of sp³-hybridized carbons (Fsp3) is 0.300.